The second-order valence-corrected chi connectivity index (χ2v) is 10.2. The van der Waals surface area contributed by atoms with E-state index in [9.17, 15) is 4.79 Å². The molecule has 3 saturated carbocycles. The molecule has 1 nitrogen and oxygen atoms in total. The third-order valence-electron chi connectivity index (χ3n) is 8.45. The molecule has 0 aromatic rings. The summed E-state index contributed by atoms with van der Waals surface area (Å²) in [5.74, 6) is 4.17. The monoisotopic (exact) mass is 412 g/mol. The van der Waals surface area contributed by atoms with Gasteiger partial charge in [0.2, 0.25) is 0 Å². The van der Waals surface area contributed by atoms with Gasteiger partial charge in [0, 0.05) is 17.8 Å². The molecule has 0 aromatic carbocycles. The van der Waals surface area contributed by atoms with E-state index >= 15 is 0 Å². The Balaban J connectivity index is 1.66. The van der Waals surface area contributed by atoms with Crippen LogP contribution < -0.4 is 0 Å². The van der Waals surface area contributed by atoms with E-state index in [1.54, 1.807) is 3.58 Å². The van der Waals surface area contributed by atoms with Gasteiger partial charge in [0.1, 0.15) is 5.78 Å². The maximum Gasteiger partial charge on any atom is 0.136 e. The SMILES string of the molecule is CC1C(=O)CC[C@@]2(C)C1CC[C@@H]1[C@@H]2CC[C@]2(C)C(I)=CC[C@@H]12. The van der Waals surface area contributed by atoms with Crippen LogP contribution in [-0.4, -0.2) is 5.78 Å². The predicted octanol–water partition coefficient (Wildman–Crippen LogP) is 5.77. The number of hydrogen-bond acceptors (Lipinski definition) is 1. The molecule has 0 aliphatic heterocycles. The van der Waals surface area contributed by atoms with E-state index in [-0.39, 0.29) is 0 Å². The van der Waals surface area contributed by atoms with Gasteiger partial charge in [0.15, 0.2) is 0 Å². The van der Waals surface area contributed by atoms with E-state index in [0.29, 0.717) is 28.4 Å². The van der Waals surface area contributed by atoms with Crippen LogP contribution in [0.5, 0.6) is 0 Å². The van der Waals surface area contributed by atoms with Crippen molar-refractivity contribution >= 4 is 28.4 Å². The van der Waals surface area contributed by atoms with Gasteiger partial charge < -0.3 is 0 Å². The lowest BCUT2D eigenvalue weighted by Crippen LogP contribution is -2.55. The minimum absolute atomic E-state index is 0.315. The van der Waals surface area contributed by atoms with Crippen molar-refractivity contribution in [3.05, 3.63) is 9.66 Å². The van der Waals surface area contributed by atoms with E-state index in [1.165, 1.54) is 32.1 Å². The quantitative estimate of drug-likeness (QED) is 0.462. The highest BCUT2D eigenvalue weighted by Crippen LogP contribution is 2.67. The molecule has 0 bridgehead atoms. The fraction of sp³-hybridized carbons (Fsp3) is 0.850. The molecule has 0 N–H and O–H groups in total. The Hall–Kier alpha value is 0.140. The average molecular weight is 412 g/mol. The van der Waals surface area contributed by atoms with Crippen molar-refractivity contribution in [1.82, 2.24) is 0 Å². The van der Waals surface area contributed by atoms with Crippen LogP contribution in [0.1, 0.15) is 65.7 Å². The van der Waals surface area contributed by atoms with Gasteiger partial charge in [-0.2, -0.15) is 0 Å². The van der Waals surface area contributed by atoms with Gasteiger partial charge in [-0.05, 0) is 93.8 Å². The van der Waals surface area contributed by atoms with Crippen LogP contribution in [-0.2, 0) is 4.79 Å². The summed E-state index contributed by atoms with van der Waals surface area (Å²) in [4.78, 5) is 12.2. The maximum atomic E-state index is 12.2. The third kappa shape index (κ3) is 1.91. The van der Waals surface area contributed by atoms with Crippen LogP contribution in [0.2, 0.25) is 0 Å². The Kier molecular flexibility index (Phi) is 3.61. The maximum absolute atomic E-state index is 12.2. The fourth-order valence-corrected chi connectivity index (χ4v) is 7.96. The number of ketones is 1. The zero-order valence-electron chi connectivity index (χ0n) is 14.2. The Morgan fingerprint density at radius 1 is 1.09 bits per heavy atom. The summed E-state index contributed by atoms with van der Waals surface area (Å²) in [6, 6.07) is 0. The zero-order chi connectivity index (χ0) is 15.7. The van der Waals surface area contributed by atoms with Crippen LogP contribution in [0.25, 0.3) is 0 Å². The Labute approximate surface area is 148 Å². The highest BCUT2D eigenvalue weighted by molar-refractivity contribution is 14.1. The summed E-state index contributed by atoms with van der Waals surface area (Å²) in [5, 5.41) is 0. The first-order chi connectivity index (χ1) is 10.4. The molecule has 4 rings (SSSR count). The Morgan fingerprint density at radius 2 is 1.86 bits per heavy atom. The molecule has 0 spiro atoms. The van der Waals surface area contributed by atoms with Gasteiger partial charge in [-0.1, -0.05) is 26.8 Å². The number of carbonyl (C=O) groups excluding carboxylic acids is 1. The fourth-order valence-electron chi connectivity index (χ4n) is 7.04. The molecule has 2 heteroatoms. The predicted molar refractivity (Wildman–Crippen MR) is 98.8 cm³/mol. The summed E-state index contributed by atoms with van der Waals surface area (Å²) in [5.41, 5.74) is 0.909. The van der Waals surface area contributed by atoms with Crippen LogP contribution in [0, 0.1) is 40.4 Å². The first-order valence-electron chi connectivity index (χ1n) is 9.27. The van der Waals surface area contributed by atoms with Crippen LogP contribution in [0.3, 0.4) is 0 Å². The molecule has 0 aromatic heterocycles. The molecule has 3 fully saturated rings. The molecule has 0 heterocycles. The summed E-state index contributed by atoms with van der Waals surface area (Å²) < 4.78 is 1.63. The molecule has 0 saturated heterocycles. The minimum Gasteiger partial charge on any atom is -0.299 e. The number of halogens is 1. The molecule has 122 valence electrons. The number of allylic oxidation sites excluding steroid dienone is 2. The summed E-state index contributed by atoms with van der Waals surface area (Å²) in [6.45, 7) is 7.30. The highest BCUT2D eigenvalue weighted by Gasteiger charge is 2.59. The Morgan fingerprint density at radius 3 is 2.64 bits per heavy atom. The van der Waals surface area contributed by atoms with Gasteiger partial charge in [-0.3, -0.25) is 4.79 Å². The van der Waals surface area contributed by atoms with Crippen molar-refractivity contribution in [3.63, 3.8) is 0 Å². The van der Waals surface area contributed by atoms with Crippen LogP contribution in [0.15, 0.2) is 9.66 Å². The number of rotatable bonds is 0. The number of Topliss-reactive ketones (excluding diaryl/α,β-unsaturated/α-hetero) is 1. The molecule has 0 radical (unpaired) electrons. The highest BCUT2D eigenvalue weighted by atomic mass is 127. The van der Waals surface area contributed by atoms with Crippen molar-refractivity contribution in [3.8, 4) is 0 Å². The first kappa shape index (κ1) is 15.7. The van der Waals surface area contributed by atoms with Crippen molar-refractivity contribution < 1.29 is 4.79 Å². The topological polar surface area (TPSA) is 17.1 Å². The van der Waals surface area contributed by atoms with Crippen molar-refractivity contribution in [1.29, 1.82) is 0 Å². The van der Waals surface area contributed by atoms with E-state index in [0.717, 1.165) is 30.6 Å². The van der Waals surface area contributed by atoms with Gasteiger partial charge >= 0.3 is 0 Å². The summed E-state index contributed by atoms with van der Waals surface area (Å²) in [6.07, 6.45) is 11.3. The van der Waals surface area contributed by atoms with Gasteiger partial charge in [0.25, 0.3) is 0 Å². The van der Waals surface area contributed by atoms with Crippen LogP contribution in [0.4, 0.5) is 0 Å². The molecule has 0 amide bonds. The third-order valence-corrected chi connectivity index (χ3v) is 10.1. The number of carbonyl (C=O) groups is 1. The summed E-state index contributed by atoms with van der Waals surface area (Å²) >= 11 is 2.61. The van der Waals surface area contributed by atoms with Crippen molar-refractivity contribution in [2.75, 3.05) is 0 Å². The van der Waals surface area contributed by atoms with Crippen molar-refractivity contribution in [2.45, 2.75) is 65.7 Å². The van der Waals surface area contributed by atoms with E-state index < -0.39 is 0 Å². The number of fused-ring (bicyclic) bond motifs is 5. The van der Waals surface area contributed by atoms with Crippen LogP contribution >= 0.6 is 22.6 Å². The Bertz CT molecular complexity index is 538. The molecule has 4 aliphatic carbocycles. The van der Waals surface area contributed by atoms with E-state index in [4.69, 9.17) is 0 Å². The lowest BCUT2D eigenvalue weighted by Gasteiger charge is -2.61. The normalized spacial score (nSPS) is 54.3. The standard InChI is InChI=1S/C20H29IO/c1-12-14-5-4-13-15-6-7-18(21)20(15,3)10-8-16(13)19(14,2)11-9-17(12)22/h7,12-16H,4-6,8-11H2,1-3H3/t12?,13-,14?,15-,16-,19-,20-/m0/s1. The smallest absolute Gasteiger partial charge is 0.136 e. The van der Waals surface area contributed by atoms with Gasteiger partial charge in [0.05, 0.1) is 0 Å². The largest absolute Gasteiger partial charge is 0.299 e. The molecule has 4 aliphatic rings. The second-order valence-electron chi connectivity index (χ2n) is 9.07. The summed E-state index contributed by atoms with van der Waals surface area (Å²) in [7, 11) is 0. The molecular weight excluding hydrogens is 383 g/mol. The molecular formula is C20H29IO. The lowest BCUT2D eigenvalue weighted by atomic mass is 9.44. The van der Waals surface area contributed by atoms with E-state index in [1.807, 2.05) is 0 Å². The second kappa shape index (κ2) is 5.07. The van der Waals surface area contributed by atoms with Gasteiger partial charge in [-0.25, -0.2) is 0 Å². The van der Waals surface area contributed by atoms with Gasteiger partial charge in [-0.15, -0.1) is 0 Å². The average Bonchev–Trinajstić information content (AvgIpc) is 2.79. The van der Waals surface area contributed by atoms with Crippen molar-refractivity contribution in [2.24, 2.45) is 40.4 Å². The molecule has 22 heavy (non-hydrogen) atoms. The number of hydrogen-bond donors (Lipinski definition) is 0. The lowest BCUT2D eigenvalue weighted by molar-refractivity contribution is -0.146. The van der Waals surface area contributed by atoms with E-state index in [2.05, 4.69) is 49.4 Å². The first-order valence-corrected chi connectivity index (χ1v) is 10.3. The zero-order valence-corrected chi connectivity index (χ0v) is 16.4. The molecule has 2 unspecified atom stereocenters. The molecule has 7 atom stereocenters. The minimum atomic E-state index is 0.315.